The minimum atomic E-state index is 0.583. The number of pyridine rings is 2. The van der Waals surface area contributed by atoms with Gasteiger partial charge in [0.05, 0.1) is 25.3 Å². The number of ether oxygens (including phenoxy) is 1. The zero-order valence-electron chi connectivity index (χ0n) is 19.4. The molecule has 176 valence electrons. The maximum absolute atomic E-state index is 5.80. The molecule has 0 aliphatic carbocycles. The molecule has 1 aliphatic heterocycles. The van der Waals surface area contributed by atoms with E-state index in [1.807, 2.05) is 29.1 Å². The monoisotopic (exact) mass is 475 g/mol. The highest BCUT2D eigenvalue weighted by Crippen LogP contribution is 2.20. The molecule has 8 nitrogen and oxygen atoms in total. The Bertz CT molecular complexity index is 1290. The van der Waals surface area contributed by atoms with Gasteiger partial charge in [0.25, 0.3) is 0 Å². The molecule has 0 spiro atoms. The Kier molecular flexibility index (Phi) is 7.05. The molecule has 0 unspecified atom stereocenters. The van der Waals surface area contributed by atoms with Crippen LogP contribution in [0.4, 0.5) is 0 Å². The Morgan fingerprint density at radius 1 is 0.941 bits per heavy atom. The second-order valence-electron chi connectivity index (χ2n) is 8.51. The average molecular weight is 476 g/mol. The molecule has 1 aromatic carbocycles. The van der Waals surface area contributed by atoms with E-state index in [9.17, 15) is 0 Å². The van der Waals surface area contributed by atoms with Crippen molar-refractivity contribution in [3.8, 4) is 11.4 Å². The van der Waals surface area contributed by atoms with E-state index in [2.05, 4.69) is 48.6 Å². The number of para-hydroxylation sites is 1. The topological polar surface area (TPSA) is 64.2 Å². The Balaban J connectivity index is 1.26. The molecule has 4 aromatic rings. The van der Waals surface area contributed by atoms with Crippen molar-refractivity contribution in [2.45, 2.75) is 19.8 Å². The minimum Gasteiger partial charge on any atom is -0.383 e. The number of methoxy groups -OCH3 is 1. The van der Waals surface area contributed by atoms with Crippen LogP contribution in [0, 0.1) is 4.77 Å². The lowest BCUT2D eigenvalue weighted by Crippen LogP contribution is -2.46. The van der Waals surface area contributed by atoms with Crippen molar-refractivity contribution in [1.29, 1.82) is 0 Å². The summed E-state index contributed by atoms with van der Waals surface area (Å²) in [7, 11) is 1.70. The summed E-state index contributed by atoms with van der Waals surface area (Å²) >= 11 is 5.80. The normalized spacial score (nSPS) is 15.2. The Morgan fingerprint density at radius 3 is 2.50 bits per heavy atom. The maximum Gasteiger partial charge on any atom is 0.199 e. The number of hydrogen-bond acceptors (Lipinski definition) is 7. The summed E-state index contributed by atoms with van der Waals surface area (Å²) in [5.74, 6) is 0.853. The average Bonchev–Trinajstić information content (AvgIpc) is 3.19. The molecular formula is C25H29N7OS. The number of hydrogen-bond donors (Lipinski definition) is 0. The predicted molar refractivity (Wildman–Crippen MR) is 135 cm³/mol. The van der Waals surface area contributed by atoms with Crippen LogP contribution >= 0.6 is 12.2 Å². The SMILES string of the molecule is COCCn1c(-c2ccncc2)nn(CN2CCN(Cc3cccc4cccnc34)CC2)c1=S. The fourth-order valence-corrected chi connectivity index (χ4v) is 4.72. The maximum atomic E-state index is 5.80. The van der Waals surface area contributed by atoms with E-state index in [-0.39, 0.29) is 0 Å². The molecule has 3 aromatic heterocycles. The fraction of sp³-hybridized carbons (Fsp3) is 0.360. The van der Waals surface area contributed by atoms with Crippen LogP contribution in [0.15, 0.2) is 61.1 Å². The van der Waals surface area contributed by atoms with E-state index in [1.54, 1.807) is 19.5 Å². The van der Waals surface area contributed by atoms with Gasteiger partial charge in [0, 0.05) is 69.4 Å². The molecule has 0 atom stereocenters. The van der Waals surface area contributed by atoms with Gasteiger partial charge < -0.3 is 4.74 Å². The van der Waals surface area contributed by atoms with Crippen LogP contribution in [0.3, 0.4) is 0 Å². The molecule has 1 saturated heterocycles. The van der Waals surface area contributed by atoms with Crippen molar-refractivity contribution in [1.82, 2.24) is 34.1 Å². The van der Waals surface area contributed by atoms with Gasteiger partial charge in [0.15, 0.2) is 10.6 Å². The zero-order valence-corrected chi connectivity index (χ0v) is 20.2. The highest BCUT2D eigenvalue weighted by atomic mass is 32.1. The Morgan fingerprint density at radius 2 is 1.71 bits per heavy atom. The Hall–Kier alpha value is -2.98. The van der Waals surface area contributed by atoms with E-state index in [1.165, 1.54) is 10.9 Å². The van der Waals surface area contributed by atoms with Gasteiger partial charge in [0.2, 0.25) is 0 Å². The second-order valence-corrected chi connectivity index (χ2v) is 8.88. The molecule has 0 amide bonds. The molecule has 4 heterocycles. The Labute approximate surface area is 204 Å². The first-order chi connectivity index (χ1) is 16.7. The first-order valence-corrected chi connectivity index (χ1v) is 12.0. The highest BCUT2D eigenvalue weighted by Gasteiger charge is 2.20. The lowest BCUT2D eigenvalue weighted by Gasteiger charge is -2.34. The van der Waals surface area contributed by atoms with Crippen LogP contribution in [0.1, 0.15) is 5.56 Å². The summed E-state index contributed by atoms with van der Waals surface area (Å²) < 4.78 is 10.0. The lowest BCUT2D eigenvalue weighted by molar-refractivity contribution is 0.0981. The van der Waals surface area contributed by atoms with Gasteiger partial charge in [-0.2, -0.15) is 5.10 Å². The van der Waals surface area contributed by atoms with E-state index >= 15 is 0 Å². The number of rotatable bonds is 8. The summed E-state index contributed by atoms with van der Waals surface area (Å²) in [4.78, 5) is 13.6. The van der Waals surface area contributed by atoms with Gasteiger partial charge >= 0.3 is 0 Å². The fourth-order valence-electron chi connectivity index (χ4n) is 4.45. The third-order valence-corrected chi connectivity index (χ3v) is 6.72. The van der Waals surface area contributed by atoms with Crippen molar-refractivity contribution in [2.24, 2.45) is 0 Å². The van der Waals surface area contributed by atoms with Gasteiger partial charge in [-0.1, -0.05) is 24.3 Å². The summed E-state index contributed by atoms with van der Waals surface area (Å²) in [5.41, 5.74) is 3.39. The molecule has 34 heavy (non-hydrogen) atoms. The minimum absolute atomic E-state index is 0.583. The van der Waals surface area contributed by atoms with Gasteiger partial charge in [-0.15, -0.1) is 0 Å². The van der Waals surface area contributed by atoms with Gasteiger partial charge in [-0.25, -0.2) is 4.68 Å². The van der Waals surface area contributed by atoms with Crippen molar-refractivity contribution in [3.63, 3.8) is 0 Å². The summed E-state index contributed by atoms with van der Waals surface area (Å²) in [6, 6.07) is 14.5. The van der Waals surface area contributed by atoms with Crippen LogP contribution in [0.2, 0.25) is 0 Å². The van der Waals surface area contributed by atoms with E-state index in [4.69, 9.17) is 22.1 Å². The smallest absolute Gasteiger partial charge is 0.199 e. The van der Waals surface area contributed by atoms with E-state index in [0.29, 0.717) is 24.6 Å². The molecule has 0 bridgehead atoms. The van der Waals surface area contributed by atoms with Crippen LogP contribution in [0.5, 0.6) is 0 Å². The highest BCUT2D eigenvalue weighted by molar-refractivity contribution is 7.71. The first-order valence-electron chi connectivity index (χ1n) is 11.6. The van der Waals surface area contributed by atoms with E-state index in [0.717, 1.165) is 49.6 Å². The van der Waals surface area contributed by atoms with Crippen molar-refractivity contribution in [3.05, 3.63) is 71.4 Å². The largest absolute Gasteiger partial charge is 0.383 e. The van der Waals surface area contributed by atoms with Gasteiger partial charge in [-0.05, 0) is 36.0 Å². The molecule has 5 rings (SSSR count). The quantitative estimate of drug-likeness (QED) is 0.362. The van der Waals surface area contributed by atoms with Crippen molar-refractivity contribution >= 4 is 23.1 Å². The zero-order chi connectivity index (χ0) is 23.3. The first kappa shape index (κ1) is 22.8. The molecule has 1 fully saturated rings. The third kappa shape index (κ3) is 4.92. The van der Waals surface area contributed by atoms with Crippen molar-refractivity contribution < 1.29 is 4.74 Å². The molecule has 0 saturated carbocycles. The lowest BCUT2D eigenvalue weighted by atomic mass is 10.1. The predicted octanol–water partition coefficient (Wildman–Crippen LogP) is 3.45. The number of benzene rings is 1. The number of piperazine rings is 1. The second kappa shape index (κ2) is 10.5. The van der Waals surface area contributed by atoms with Crippen LogP contribution in [-0.4, -0.2) is 74.0 Å². The molecule has 0 radical (unpaired) electrons. The van der Waals surface area contributed by atoms with Crippen LogP contribution < -0.4 is 0 Å². The molecular weight excluding hydrogens is 446 g/mol. The number of nitrogens with zero attached hydrogens (tertiary/aromatic N) is 7. The van der Waals surface area contributed by atoms with Gasteiger partial charge in [-0.3, -0.25) is 24.3 Å². The summed E-state index contributed by atoms with van der Waals surface area (Å²) in [5, 5.41) is 6.07. The molecule has 0 N–H and O–H groups in total. The standard InChI is InChI=1S/C25H29N7OS/c1-33-17-16-31-24(21-7-10-26-11-8-21)28-32(25(31)34)19-30-14-12-29(13-15-30)18-22-5-2-4-20-6-3-9-27-23(20)22/h2-11H,12-19H2,1H3. The molecule has 9 heteroatoms. The number of aromatic nitrogens is 5. The van der Waals surface area contributed by atoms with Crippen LogP contribution in [-0.2, 0) is 24.5 Å². The third-order valence-electron chi connectivity index (χ3n) is 6.29. The van der Waals surface area contributed by atoms with Crippen molar-refractivity contribution in [2.75, 3.05) is 39.9 Å². The summed E-state index contributed by atoms with van der Waals surface area (Å²) in [6.45, 7) is 6.78. The summed E-state index contributed by atoms with van der Waals surface area (Å²) in [6.07, 6.45) is 5.44. The van der Waals surface area contributed by atoms with E-state index < -0.39 is 0 Å². The molecule has 1 aliphatic rings. The number of fused-ring (bicyclic) bond motifs is 1. The van der Waals surface area contributed by atoms with Gasteiger partial charge in [0.1, 0.15) is 0 Å². The van der Waals surface area contributed by atoms with Crippen LogP contribution in [0.25, 0.3) is 22.3 Å².